The zero-order valence-electron chi connectivity index (χ0n) is 9.91. The van der Waals surface area contributed by atoms with Gasteiger partial charge in [-0.2, -0.15) is 0 Å². The predicted molar refractivity (Wildman–Crippen MR) is 83.8 cm³/mol. The van der Waals surface area contributed by atoms with Crippen LogP contribution in [0.4, 0.5) is 0 Å². The Kier molecular flexibility index (Phi) is 4.88. The van der Waals surface area contributed by atoms with Crippen molar-refractivity contribution in [3.05, 3.63) is 62.6 Å². The summed E-state index contributed by atoms with van der Waals surface area (Å²) in [5.41, 5.74) is 1.60. The maximum absolute atomic E-state index is 11.2. The summed E-state index contributed by atoms with van der Waals surface area (Å²) >= 11 is 18.0. The summed E-state index contributed by atoms with van der Waals surface area (Å²) in [4.78, 5) is -0.0323. The second-order valence-corrected chi connectivity index (χ2v) is 7.92. The van der Waals surface area contributed by atoms with Crippen LogP contribution < -0.4 is 0 Å². The molecule has 0 amide bonds. The van der Waals surface area contributed by atoms with E-state index in [-0.39, 0.29) is 4.90 Å². The molecule has 0 aromatic heterocycles. The molecule has 0 saturated carbocycles. The van der Waals surface area contributed by atoms with Gasteiger partial charge in [0.15, 0.2) is 0 Å². The second-order valence-electron chi connectivity index (χ2n) is 4.10. The molecule has 0 fully saturated rings. The van der Waals surface area contributed by atoms with E-state index >= 15 is 0 Å². The Hall–Kier alpha value is -0.450. The second kappa shape index (κ2) is 6.12. The molecule has 0 aliphatic rings. The van der Waals surface area contributed by atoms with E-state index in [1.54, 1.807) is 24.3 Å². The van der Waals surface area contributed by atoms with Gasteiger partial charge >= 0.3 is 0 Å². The molecular formula is C13H8Cl4O2S. The number of halogens is 4. The Balaban J connectivity index is 2.35. The van der Waals surface area contributed by atoms with Gasteiger partial charge in [0.1, 0.15) is 0 Å². The fraction of sp³-hybridized carbons (Fsp3) is 0.0769. The summed E-state index contributed by atoms with van der Waals surface area (Å²) in [5.74, 6) is 0. The third kappa shape index (κ3) is 3.80. The van der Waals surface area contributed by atoms with E-state index in [4.69, 9.17) is 45.5 Å². The van der Waals surface area contributed by atoms with Crippen molar-refractivity contribution < 1.29 is 8.42 Å². The molecule has 0 bridgehead atoms. The zero-order valence-corrected chi connectivity index (χ0v) is 13.7. The molecule has 0 heterocycles. The molecule has 0 spiro atoms. The molecule has 0 radical (unpaired) electrons. The predicted octanol–water partition coefficient (Wildman–Crippen LogP) is 5.17. The van der Waals surface area contributed by atoms with Crippen LogP contribution in [0.2, 0.25) is 15.1 Å². The van der Waals surface area contributed by atoms with Crippen LogP contribution in [0.3, 0.4) is 0 Å². The Morgan fingerprint density at radius 1 is 0.850 bits per heavy atom. The van der Waals surface area contributed by atoms with E-state index in [1.165, 1.54) is 12.1 Å². The summed E-state index contributed by atoms with van der Waals surface area (Å²) in [7, 11) is 1.48. The Labute approximate surface area is 136 Å². The highest BCUT2D eigenvalue weighted by atomic mass is 35.7. The zero-order chi connectivity index (χ0) is 14.9. The lowest BCUT2D eigenvalue weighted by Crippen LogP contribution is -1.95. The lowest BCUT2D eigenvalue weighted by molar-refractivity contribution is 0.609. The summed E-state index contributed by atoms with van der Waals surface area (Å²) < 4.78 is 22.4. The monoisotopic (exact) mass is 368 g/mol. The van der Waals surface area contributed by atoms with E-state index in [2.05, 4.69) is 0 Å². The van der Waals surface area contributed by atoms with Crippen molar-refractivity contribution in [3.63, 3.8) is 0 Å². The average Bonchev–Trinajstić information content (AvgIpc) is 2.33. The van der Waals surface area contributed by atoms with Crippen LogP contribution in [0.15, 0.2) is 41.3 Å². The highest BCUT2D eigenvalue weighted by Crippen LogP contribution is 2.28. The summed E-state index contributed by atoms with van der Waals surface area (Å²) in [5, 5.41) is 1.40. The van der Waals surface area contributed by atoms with Gasteiger partial charge in [-0.05, 0) is 35.4 Å². The molecule has 0 N–H and O–H groups in total. The van der Waals surface area contributed by atoms with Crippen molar-refractivity contribution in [1.82, 2.24) is 0 Å². The standard InChI is InChI=1S/C13H8Cl4O2S/c14-10-3-1-8(12(15)6-10)5-9-2-4-11(7-13(9)16)20(17,18)19/h1-4,6-7H,5H2. The van der Waals surface area contributed by atoms with Crippen molar-refractivity contribution in [2.24, 2.45) is 0 Å². The highest BCUT2D eigenvalue weighted by Gasteiger charge is 2.13. The Morgan fingerprint density at radius 3 is 1.90 bits per heavy atom. The smallest absolute Gasteiger partial charge is 0.207 e. The van der Waals surface area contributed by atoms with Crippen LogP contribution in [-0.4, -0.2) is 8.42 Å². The molecule has 2 rings (SSSR count). The first-order chi connectivity index (χ1) is 9.27. The van der Waals surface area contributed by atoms with E-state index in [1.807, 2.05) is 0 Å². The van der Waals surface area contributed by atoms with Crippen LogP contribution in [0.1, 0.15) is 11.1 Å². The molecule has 2 aromatic rings. The van der Waals surface area contributed by atoms with Crippen molar-refractivity contribution in [1.29, 1.82) is 0 Å². The minimum atomic E-state index is -3.78. The minimum absolute atomic E-state index is 0.0323. The van der Waals surface area contributed by atoms with Gasteiger partial charge in [-0.25, -0.2) is 8.42 Å². The van der Waals surface area contributed by atoms with Crippen molar-refractivity contribution in [3.8, 4) is 0 Å². The van der Waals surface area contributed by atoms with E-state index in [9.17, 15) is 8.42 Å². The van der Waals surface area contributed by atoms with Gasteiger partial charge in [-0.15, -0.1) is 0 Å². The topological polar surface area (TPSA) is 34.1 Å². The SMILES string of the molecule is O=S(=O)(Cl)c1ccc(Cc2ccc(Cl)cc2Cl)c(Cl)c1. The third-order valence-electron chi connectivity index (χ3n) is 2.70. The Bertz CT molecular complexity index is 757. The molecule has 0 aliphatic carbocycles. The van der Waals surface area contributed by atoms with Gasteiger partial charge in [-0.3, -0.25) is 0 Å². The Morgan fingerprint density at radius 2 is 1.40 bits per heavy atom. The average molecular weight is 370 g/mol. The first-order valence-corrected chi connectivity index (χ1v) is 8.89. The largest absolute Gasteiger partial charge is 0.261 e. The molecule has 0 atom stereocenters. The normalized spacial score (nSPS) is 11.6. The van der Waals surface area contributed by atoms with Gasteiger partial charge in [0, 0.05) is 32.2 Å². The van der Waals surface area contributed by atoms with Crippen LogP contribution in [0, 0.1) is 0 Å². The van der Waals surface area contributed by atoms with E-state index < -0.39 is 9.05 Å². The number of hydrogen-bond donors (Lipinski definition) is 0. The first-order valence-electron chi connectivity index (χ1n) is 5.44. The number of benzene rings is 2. The molecule has 0 aliphatic heterocycles. The van der Waals surface area contributed by atoms with Crippen LogP contribution >= 0.6 is 45.5 Å². The minimum Gasteiger partial charge on any atom is -0.207 e. The van der Waals surface area contributed by atoms with Gasteiger partial charge < -0.3 is 0 Å². The quantitative estimate of drug-likeness (QED) is 0.699. The van der Waals surface area contributed by atoms with Crippen molar-refractivity contribution in [2.45, 2.75) is 11.3 Å². The van der Waals surface area contributed by atoms with Crippen molar-refractivity contribution >= 4 is 54.5 Å². The van der Waals surface area contributed by atoms with E-state index in [0.29, 0.717) is 21.5 Å². The summed E-state index contributed by atoms with van der Waals surface area (Å²) in [6.07, 6.45) is 0.470. The van der Waals surface area contributed by atoms with Gasteiger partial charge in [0.2, 0.25) is 0 Å². The van der Waals surface area contributed by atoms with Gasteiger partial charge in [0.25, 0.3) is 9.05 Å². The molecular weight excluding hydrogens is 362 g/mol. The first kappa shape index (κ1) is 15.9. The van der Waals surface area contributed by atoms with Crippen LogP contribution in [-0.2, 0) is 15.5 Å². The number of hydrogen-bond acceptors (Lipinski definition) is 2. The number of rotatable bonds is 3. The summed E-state index contributed by atoms with van der Waals surface area (Å²) in [6.45, 7) is 0. The maximum Gasteiger partial charge on any atom is 0.261 e. The fourth-order valence-electron chi connectivity index (χ4n) is 1.69. The lowest BCUT2D eigenvalue weighted by atomic mass is 10.1. The van der Waals surface area contributed by atoms with E-state index in [0.717, 1.165) is 11.1 Å². The fourth-order valence-corrected chi connectivity index (χ4v) is 3.26. The summed E-state index contributed by atoms with van der Waals surface area (Å²) in [6, 6.07) is 9.52. The molecule has 106 valence electrons. The molecule has 2 aromatic carbocycles. The maximum atomic E-state index is 11.2. The van der Waals surface area contributed by atoms with Crippen LogP contribution in [0.25, 0.3) is 0 Å². The molecule has 2 nitrogen and oxygen atoms in total. The molecule has 0 saturated heterocycles. The van der Waals surface area contributed by atoms with Gasteiger partial charge in [0.05, 0.1) is 4.90 Å². The third-order valence-corrected chi connectivity index (χ3v) is 4.99. The molecule has 7 heteroatoms. The van der Waals surface area contributed by atoms with Crippen LogP contribution in [0.5, 0.6) is 0 Å². The lowest BCUT2D eigenvalue weighted by Gasteiger charge is -2.08. The molecule has 0 unspecified atom stereocenters. The highest BCUT2D eigenvalue weighted by molar-refractivity contribution is 8.13. The molecule has 20 heavy (non-hydrogen) atoms. The van der Waals surface area contributed by atoms with Crippen molar-refractivity contribution in [2.75, 3.05) is 0 Å². The van der Waals surface area contributed by atoms with Gasteiger partial charge in [-0.1, -0.05) is 46.9 Å².